The van der Waals surface area contributed by atoms with Gasteiger partial charge in [0, 0.05) is 38.1 Å². The molecule has 4 heteroatoms. The molecule has 1 aliphatic heterocycles. The highest BCUT2D eigenvalue weighted by Crippen LogP contribution is 2.23. The molecule has 0 radical (unpaired) electrons. The zero-order chi connectivity index (χ0) is 15.6. The third-order valence-electron chi connectivity index (χ3n) is 4.59. The van der Waals surface area contributed by atoms with Gasteiger partial charge < -0.3 is 4.90 Å². The number of rotatable bonds is 3. The van der Waals surface area contributed by atoms with Crippen molar-refractivity contribution in [3.63, 3.8) is 0 Å². The predicted octanol–water partition coefficient (Wildman–Crippen LogP) is 3.93. The molecule has 1 aromatic carbocycles. The van der Waals surface area contributed by atoms with Crippen LogP contribution in [0.4, 0.5) is 5.82 Å². The van der Waals surface area contributed by atoms with E-state index in [0.29, 0.717) is 0 Å². The minimum Gasteiger partial charge on any atom is -0.354 e. The Bertz CT molecular complexity index is 789. The SMILES string of the molecule is Cc1cc(N2CCN(Cc3ccsc3)CC2)nc2ccccc12. The first-order chi connectivity index (χ1) is 11.3. The third-order valence-corrected chi connectivity index (χ3v) is 5.32. The number of piperazine rings is 1. The number of aromatic nitrogens is 1. The van der Waals surface area contributed by atoms with E-state index >= 15 is 0 Å². The van der Waals surface area contributed by atoms with Gasteiger partial charge in [-0.3, -0.25) is 4.90 Å². The Morgan fingerprint density at radius 2 is 1.91 bits per heavy atom. The number of pyridine rings is 1. The van der Waals surface area contributed by atoms with Crippen LogP contribution in [-0.2, 0) is 6.54 Å². The lowest BCUT2D eigenvalue weighted by Gasteiger charge is -2.35. The molecule has 1 fully saturated rings. The van der Waals surface area contributed by atoms with E-state index in [2.05, 4.69) is 63.9 Å². The highest BCUT2D eigenvalue weighted by molar-refractivity contribution is 7.07. The first-order valence-corrected chi connectivity index (χ1v) is 9.09. The maximum absolute atomic E-state index is 4.87. The summed E-state index contributed by atoms with van der Waals surface area (Å²) in [5, 5.41) is 5.67. The molecule has 3 aromatic rings. The van der Waals surface area contributed by atoms with Crippen LogP contribution in [-0.4, -0.2) is 36.1 Å². The van der Waals surface area contributed by atoms with Gasteiger partial charge in [0.1, 0.15) is 5.82 Å². The van der Waals surface area contributed by atoms with Gasteiger partial charge in [-0.05, 0) is 47.0 Å². The van der Waals surface area contributed by atoms with Crippen LogP contribution >= 0.6 is 11.3 Å². The summed E-state index contributed by atoms with van der Waals surface area (Å²) in [6.07, 6.45) is 0. The average molecular weight is 323 g/mol. The van der Waals surface area contributed by atoms with Gasteiger partial charge in [-0.1, -0.05) is 18.2 Å². The quantitative estimate of drug-likeness (QED) is 0.728. The standard InChI is InChI=1S/C19H21N3S/c1-15-12-19(20-18-5-3-2-4-17(15)18)22-9-7-21(8-10-22)13-16-6-11-23-14-16/h2-6,11-12,14H,7-10,13H2,1H3. The normalized spacial score (nSPS) is 16.1. The number of nitrogens with zero attached hydrogens (tertiary/aromatic N) is 3. The van der Waals surface area contributed by atoms with Gasteiger partial charge in [0.2, 0.25) is 0 Å². The number of hydrogen-bond acceptors (Lipinski definition) is 4. The molecule has 0 aliphatic carbocycles. The van der Waals surface area contributed by atoms with Gasteiger partial charge in [0.05, 0.1) is 5.52 Å². The van der Waals surface area contributed by atoms with Crippen molar-refractivity contribution in [1.82, 2.24) is 9.88 Å². The minimum atomic E-state index is 1.05. The monoisotopic (exact) mass is 323 g/mol. The van der Waals surface area contributed by atoms with Gasteiger partial charge in [0.15, 0.2) is 0 Å². The Balaban J connectivity index is 1.48. The maximum Gasteiger partial charge on any atom is 0.129 e. The van der Waals surface area contributed by atoms with E-state index in [-0.39, 0.29) is 0 Å². The lowest BCUT2D eigenvalue weighted by Crippen LogP contribution is -2.46. The van der Waals surface area contributed by atoms with Crippen LogP contribution in [0, 0.1) is 6.92 Å². The zero-order valence-corrected chi connectivity index (χ0v) is 14.2. The summed E-state index contributed by atoms with van der Waals surface area (Å²) in [4.78, 5) is 9.82. The van der Waals surface area contributed by atoms with E-state index in [1.807, 2.05) is 0 Å². The van der Waals surface area contributed by atoms with E-state index in [1.165, 1.54) is 16.5 Å². The fraction of sp³-hybridized carbons (Fsp3) is 0.316. The lowest BCUT2D eigenvalue weighted by molar-refractivity contribution is 0.249. The molecule has 0 atom stereocenters. The molecular weight excluding hydrogens is 302 g/mol. The smallest absolute Gasteiger partial charge is 0.129 e. The van der Waals surface area contributed by atoms with Crippen LogP contribution in [0.3, 0.4) is 0 Å². The predicted molar refractivity (Wildman–Crippen MR) is 98.3 cm³/mol. The summed E-state index contributed by atoms with van der Waals surface area (Å²) in [5.41, 5.74) is 3.85. The second kappa shape index (κ2) is 6.30. The first kappa shape index (κ1) is 14.7. The Morgan fingerprint density at radius 3 is 2.70 bits per heavy atom. The number of para-hydroxylation sites is 1. The van der Waals surface area contributed by atoms with Crippen molar-refractivity contribution in [2.24, 2.45) is 0 Å². The fourth-order valence-corrected chi connectivity index (χ4v) is 3.93. The van der Waals surface area contributed by atoms with E-state index in [0.717, 1.165) is 44.1 Å². The highest BCUT2D eigenvalue weighted by Gasteiger charge is 2.19. The molecule has 1 saturated heterocycles. The first-order valence-electron chi connectivity index (χ1n) is 8.14. The van der Waals surface area contributed by atoms with Crippen LogP contribution < -0.4 is 4.90 Å². The molecule has 0 unspecified atom stereocenters. The van der Waals surface area contributed by atoms with E-state index in [1.54, 1.807) is 11.3 Å². The Kier molecular flexibility index (Phi) is 4.02. The Morgan fingerprint density at radius 1 is 1.09 bits per heavy atom. The van der Waals surface area contributed by atoms with Crippen molar-refractivity contribution in [2.45, 2.75) is 13.5 Å². The van der Waals surface area contributed by atoms with Gasteiger partial charge in [-0.25, -0.2) is 4.98 Å². The van der Waals surface area contributed by atoms with Crippen molar-refractivity contribution in [2.75, 3.05) is 31.1 Å². The van der Waals surface area contributed by atoms with Crippen molar-refractivity contribution in [3.05, 3.63) is 58.3 Å². The molecule has 2 aromatic heterocycles. The molecule has 3 heterocycles. The fourth-order valence-electron chi connectivity index (χ4n) is 3.27. The van der Waals surface area contributed by atoms with E-state index in [4.69, 9.17) is 4.98 Å². The summed E-state index contributed by atoms with van der Waals surface area (Å²) in [6, 6.07) is 12.9. The summed E-state index contributed by atoms with van der Waals surface area (Å²) in [6.45, 7) is 7.55. The van der Waals surface area contributed by atoms with E-state index in [9.17, 15) is 0 Å². The topological polar surface area (TPSA) is 19.4 Å². The molecule has 0 saturated carbocycles. The molecule has 23 heavy (non-hydrogen) atoms. The van der Waals surface area contributed by atoms with Crippen LogP contribution in [0.5, 0.6) is 0 Å². The van der Waals surface area contributed by atoms with Crippen LogP contribution in [0.1, 0.15) is 11.1 Å². The van der Waals surface area contributed by atoms with Crippen LogP contribution in [0.2, 0.25) is 0 Å². The number of aryl methyl sites for hydroxylation is 1. The average Bonchev–Trinajstić information content (AvgIpc) is 3.08. The number of hydrogen-bond donors (Lipinski definition) is 0. The molecule has 118 valence electrons. The lowest BCUT2D eigenvalue weighted by atomic mass is 10.1. The Labute approximate surface area is 141 Å². The van der Waals surface area contributed by atoms with Crippen molar-refractivity contribution in [3.8, 4) is 0 Å². The molecule has 3 nitrogen and oxygen atoms in total. The summed E-state index contributed by atoms with van der Waals surface area (Å²) >= 11 is 1.78. The summed E-state index contributed by atoms with van der Waals surface area (Å²) in [5.74, 6) is 1.12. The molecule has 4 rings (SSSR count). The van der Waals surface area contributed by atoms with E-state index < -0.39 is 0 Å². The number of fused-ring (bicyclic) bond motifs is 1. The van der Waals surface area contributed by atoms with Gasteiger partial charge in [0.25, 0.3) is 0 Å². The number of thiophene rings is 1. The largest absolute Gasteiger partial charge is 0.354 e. The Hall–Kier alpha value is -1.91. The number of anilines is 1. The molecule has 0 spiro atoms. The maximum atomic E-state index is 4.87. The third kappa shape index (κ3) is 3.09. The molecular formula is C19H21N3S. The highest BCUT2D eigenvalue weighted by atomic mass is 32.1. The molecule has 0 amide bonds. The van der Waals surface area contributed by atoms with Gasteiger partial charge in [-0.15, -0.1) is 0 Å². The van der Waals surface area contributed by atoms with Crippen LogP contribution in [0.15, 0.2) is 47.2 Å². The van der Waals surface area contributed by atoms with Crippen molar-refractivity contribution < 1.29 is 0 Å². The van der Waals surface area contributed by atoms with Gasteiger partial charge in [-0.2, -0.15) is 11.3 Å². The second-order valence-corrected chi connectivity index (χ2v) is 6.99. The molecule has 1 aliphatic rings. The second-order valence-electron chi connectivity index (χ2n) is 6.21. The van der Waals surface area contributed by atoms with Crippen molar-refractivity contribution >= 4 is 28.1 Å². The summed E-state index contributed by atoms with van der Waals surface area (Å²) in [7, 11) is 0. The molecule has 0 N–H and O–H groups in total. The van der Waals surface area contributed by atoms with Gasteiger partial charge >= 0.3 is 0 Å². The molecule has 0 bridgehead atoms. The van der Waals surface area contributed by atoms with Crippen LogP contribution in [0.25, 0.3) is 10.9 Å². The van der Waals surface area contributed by atoms with Crippen molar-refractivity contribution in [1.29, 1.82) is 0 Å². The number of benzene rings is 1. The zero-order valence-electron chi connectivity index (χ0n) is 13.4. The minimum absolute atomic E-state index is 1.05. The summed E-state index contributed by atoms with van der Waals surface area (Å²) < 4.78 is 0.